The van der Waals surface area contributed by atoms with E-state index in [0.717, 1.165) is 30.4 Å². The fourth-order valence-electron chi connectivity index (χ4n) is 3.48. The number of imide groups is 1. The first-order chi connectivity index (χ1) is 13.7. The number of amides is 2. The molecule has 28 heavy (non-hydrogen) atoms. The molecule has 0 aliphatic carbocycles. The lowest BCUT2D eigenvalue weighted by molar-refractivity contribution is -0.123. The highest BCUT2D eigenvalue weighted by Crippen LogP contribution is 2.34. The number of thioether (sulfide) groups is 1. The molecule has 2 aromatic carbocycles. The van der Waals surface area contributed by atoms with Gasteiger partial charge in [-0.25, -0.2) is 0 Å². The molecule has 0 bridgehead atoms. The van der Waals surface area contributed by atoms with E-state index >= 15 is 0 Å². The molecule has 0 spiro atoms. The van der Waals surface area contributed by atoms with Gasteiger partial charge in [0.05, 0.1) is 23.1 Å². The summed E-state index contributed by atoms with van der Waals surface area (Å²) in [4.78, 5) is 29.0. The number of nitrogens with zero attached hydrogens (tertiary/aromatic N) is 3. The number of carbonyl (C=O) groups excluding carboxylic acids is 2. The van der Waals surface area contributed by atoms with Gasteiger partial charge in [-0.15, -0.1) is 0 Å². The Morgan fingerprint density at radius 3 is 2.46 bits per heavy atom. The van der Waals surface area contributed by atoms with Crippen LogP contribution in [0.2, 0.25) is 0 Å². The summed E-state index contributed by atoms with van der Waals surface area (Å²) in [5.74, 6) is -0.314. The van der Waals surface area contributed by atoms with Gasteiger partial charge in [-0.3, -0.25) is 14.5 Å². The van der Waals surface area contributed by atoms with Gasteiger partial charge in [-0.1, -0.05) is 30.3 Å². The van der Waals surface area contributed by atoms with Crippen LogP contribution in [0.25, 0.3) is 6.08 Å². The third-order valence-electron chi connectivity index (χ3n) is 5.00. The van der Waals surface area contributed by atoms with Crippen molar-refractivity contribution in [1.82, 2.24) is 4.90 Å². The van der Waals surface area contributed by atoms with Crippen molar-refractivity contribution in [1.29, 1.82) is 5.26 Å². The molecule has 2 amide bonds. The highest BCUT2D eigenvalue weighted by molar-refractivity contribution is 8.18. The summed E-state index contributed by atoms with van der Waals surface area (Å²) in [7, 11) is 0. The first-order valence-corrected chi connectivity index (χ1v) is 10.1. The molecular formula is C22H19N3O2S. The number of anilines is 1. The highest BCUT2D eigenvalue weighted by Gasteiger charge is 2.35. The Kier molecular flexibility index (Phi) is 5.18. The van der Waals surface area contributed by atoms with Crippen LogP contribution in [-0.4, -0.2) is 29.1 Å². The Labute approximate surface area is 168 Å². The smallest absolute Gasteiger partial charge is 0.293 e. The summed E-state index contributed by atoms with van der Waals surface area (Å²) in [5, 5.41) is 8.91. The second kappa shape index (κ2) is 7.91. The zero-order chi connectivity index (χ0) is 19.5. The molecule has 140 valence electrons. The second-order valence-electron chi connectivity index (χ2n) is 6.82. The van der Waals surface area contributed by atoms with E-state index in [4.69, 9.17) is 0 Å². The monoisotopic (exact) mass is 389 g/mol. The normalized spacial score (nSPS) is 18.2. The Hall–Kier alpha value is -3.04. The van der Waals surface area contributed by atoms with Gasteiger partial charge in [0.1, 0.15) is 0 Å². The highest BCUT2D eigenvalue weighted by atomic mass is 32.2. The summed E-state index contributed by atoms with van der Waals surface area (Å²) in [6, 6.07) is 17.2. The van der Waals surface area contributed by atoms with E-state index in [1.165, 1.54) is 23.4 Å². The SMILES string of the molecule is N#Cc1ccccc1CN1C(=O)S/C(=C/c2ccc(N3CCCC3)cc2)C1=O. The molecule has 4 rings (SSSR count). The van der Waals surface area contributed by atoms with Crippen LogP contribution >= 0.6 is 11.8 Å². The van der Waals surface area contributed by atoms with Crippen molar-refractivity contribution in [3.05, 3.63) is 70.1 Å². The third kappa shape index (κ3) is 3.67. The summed E-state index contributed by atoms with van der Waals surface area (Å²) in [6.45, 7) is 2.28. The zero-order valence-corrected chi connectivity index (χ0v) is 16.1. The minimum atomic E-state index is -0.314. The van der Waals surface area contributed by atoms with Gasteiger partial charge in [0.2, 0.25) is 0 Å². The van der Waals surface area contributed by atoms with Gasteiger partial charge in [0.15, 0.2) is 0 Å². The largest absolute Gasteiger partial charge is 0.372 e. The molecule has 0 unspecified atom stereocenters. The van der Waals surface area contributed by atoms with Gasteiger partial charge >= 0.3 is 0 Å². The van der Waals surface area contributed by atoms with Gasteiger partial charge < -0.3 is 4.90 Å². The number of benzene rings is 2. The Morgan fingerprint density at radius 1 is 1.04 bits per heavy atom. The Morgan fingerprint density at radius 2 is 1.75 bits per heavy atom. The fraction of sp³-hybridized carbons (Fsp3) is 0.227. The van der Waals surface area contributed by atoms with E-state index in [2.05, 4.69) is 23.1 Å². The third-order valence-corrected chi connectivity index (χ3v) is 5.91. The molecule has 2 fully saturated rings. The van der Waals surface area contributed by atoms with Crippen LogP contribution in [0.5, 0.6) is 0 Å². The van der Waals surface area contributed by atoms with Gasteiger partial charge in [0.25, 0.3) is 11.1 Å². The first-order valence-electron chi connectivity index (χ1n) is 9.24. The maximum absolute atomic E-state index is 12.7. The van der Waals surface area contributed by atoms with Crippen molar-refractivity contribution in [2.75, 3.05) is 18.0 Å². The molecule has 0 atom stereocenters. The molecule has 2 saturated heterocycles. The van der Waals surface area contributed by atoms with Crippen molar-refractivity contribution in [3.8, 4) is 6.07 Å². The number of nitriles is 1. The van der Waals surface area contributed by atoms with Crippen LogP contribution in [0, 0.1) is 11.3 Å². The van der Waals surface area contributed by atoms with E-state index in [9.17, 15) is 14.9 Å². The number of rotatable bonds is 4. The average Bonchev–Trinajstić information content (AvgIpc) is 3.34. The van der Waals surface area contributed by atoms with Crippen LogP contribution in [0.4, 0.5) is 10.5 Å². The van der Waals surface area contributed by atoms with Crippen molar-refractivity contribution >= 4 is 34.7 Å². The van der Waals surface area contributed by atoms with Crippen molar-refractivity contribution in [2.45, 2.75) is 19.4 Å². The summed E-state index contributed by atoms with van der Waals surface area (Å²) >= 11 is 0.944. The molecule has 0 aromatic heterocycles. The molecule has 0 saturated carbocycles. The lowest BCUT2D eigenvalue weighted by Gasteiger charge is -2.17. The minimum Gasteiger partial charge on any atom is -0.372 e. The Bertz CT molecular complexity index is 986. The van der Waals surface area contributed by atoms with Crippen molar-refractivity contribution in [2.24, 2.45) is 0 Å². The van der Waals surface area contributed by atoms with E-state index in [-0.39, 0.29) is 17.7 Å². The van der Waals surface area contributed by atoms with Crippen LogP contribution < -0.4 is 4.90 Å². The fourth-order valence-corrected chi connectivity index (χ4v) is 4.32. The first kappa shape index (κ1) is 18.3. The summed E-state index contributed by atoms with van der Waals surface area (Å²) in [5.41, 5.74) is 3.23. The standard InChI is InChI=1S/C22H19N3O2S/c23-14-17-5-1-2-6-18(17)15-25-21(26)20(28-22(25)27)13-16-7-9-19(10-8-16)24-11-3-4-12-24/h1-2,5-10,13H,3-4,11-12,15H2/b20-13+. The van der Waals surface area contributed by atoms with Crippen LogP contribution in [0.3, 0.4) is 0 Å². The summed E-state index contributed by atoms with van der Waals surface area (Å²) < 4.78 is 0. The predicted octanol–water partition coefficient (Wildman–Crippen LogP) is 4.39. The molecule has 2 aliphatic rings. The maximum atomic E-state index is 12.7. The molecule has 0 radical (unpaired) electrons. The molecule has 2 aromatic rings. The van der Waals surface area contributed by atoms with Gasteiger partial charge in [-0.05, 0) is 60.0 Å². The lowest BCUT2D eigenvalue weighted by Crippen LogP contribution is -2.27. The molecule has 0 N–H and O–H groups in total. The molecule has 6 heteroatoms. The van der Waals surface area contributed by atoms with Crippen molar-refractivity contribution < 1.29 is 9.59 Å². The molecular weight excluding hydrogens is 370 g/mol. The second-order valence-corrected chi connectivity index (χ2v) is 7.82. The van der Waals surface area contributed by atoms with E-state index in [0.29, 0.717) is 16.0 Å². The predicted molar refractivity (Wildman–Crippen MR) is 111 cm³/mol. The van der Waals surface area contributed by atoms with E-state index in [1.54, 1.807) is 30.3 Å². The number of hydrogen-bond acceptors (Lipinski definition) is 5. The van der Waals surface area contributed by atoms with Crippen LogP contribution in [0.15, 0.2) is 53.4 Å². The minimum absolute atomic E-state index is 0.111. The van der Waals surface area contributed by atoms with Gasteiger partial charge in [0, 0.05) is 18.8 Å². The number of hydrogen-bond donors (Lipinski definition) is 0. The average molecular weight is 389 g/mol. The molecule has 5 nitrogen and oxygen atoms in total. The quantitative estimate of drug-likeness (QED) is 0.726. The van der Waals surface area contributed by atoms with Gasteiger partial charge in [-0.2, -0.15) is 5.26 Å². The van der Waals surface area contributed by atoms with Crippen molar-refractivity contribution in [3.63, 3.8) is 0 Å². The maximum Gasteiger partial charge on any atom is 0.293 e. The molecule has 2 aliphatic heterocycles. The topological polar surface area (TPSA) is 64.4 Å². The van der Waals surface area contributed by atoms with Crippen LogP contribution in [-0.2, 0) is 11.3 Å². The zero-order valence-electron chi connectivity index (χ0n) is 15.3. The number of carbonyl (C=O) groups is 2. The van der Waals surface area contributed by atoms with E-state index < -0.39 is 0 Å². The lowest BCUT2D eigenvalue weighted by atomic mass is 10.1. The van der Waals surface area contributed by atoms with E-state index in [1.807, 2.05) is 12.1 Å². The molecule has 2 heterocycles. The Balaban J connectivity index is 1.51. The summed E-state index contributed by atoms with van der Waals surface area (Å²) in [6.07, 6.45) is 4.21. The van der Waals surface area contributed by atoms with Crippen LogP contribution in [0.1, 0.15) is 29.5 Å².